The summed E-state index contributed by atoms with van der Waals surface area (Å²) >= 11 is 0. The van der Waals surface area contributed by atoms with E-state index in [9.17, 15) is 4.79 Å². The third-order valence-corrected chi connectivity index (χ3v) is 3.53. The van der Waals surface area contributed by atoms with Crippen LogP contribution in [0, 0.1) is 0 Å². The van der Waals surface area contributed by atoms with Gasteiger partial charge in [0.25, 0.3) is 0 Å². The Morgan fingerprint density at radius 3 is 2.54 bits per heavy atom. The molecule has 0 radical (unpaired) electrons. The van der Waals surface area contributed by atoms with Gasteiger partial charge in [0, 0.05) is 0 Å². The van der Waals surface area contributed by atoms with Gasteiger partial charge in [0.2, 0.25) is 0 Å². The van der Waals surface area contributed by atoms with E-state index in [4.69, 9.17) is 9.47 Å². The van der Waals surface area contributed by atoms with Gasteiger partial charge in [0.1, 0.15) is 8.07 Å². The minimum Gasteiger partial charge on any atom is -0.438 e. The van der Waals surface area contributed by atoms with Gasteiger partial charge in [-0.2, -0.15) is 0 Å². The zero-order valence-corrected chi connectivity index (χ0v) is 9.63. The summed E-state index contributed by atoms with van der Waals surface area (Å²) in [5.41, 5.74) is 1.89. The second-order valence-electron chi connectivity index (χ2n) is 3.58. The fourth-order valence-corrected chi connectivity index (χ4v) is 1.14. The van der Waals surface area contributed by atoms with Crippen LogP contribution in [0.3, 0.4) is 0 Å². The van der Waals surface area contributed by atoms with E-state index in [0.717, 1.165) is 6.42 Å². The van der Waals surface area contributed by atoms with Crippen LogP contribution >= 0.6 is 0 Å². The maximum atomic E-state index is 10.9. The number of ether oxygens (including phenoxy) is 2. The van der Waals surface area contributed by atoms with Crippen LogP contribution in [0.1, 0.15) is 13.3 Å². The molecule has 0 spiro atoms. The molecule has 0 aromatic carbocycles. The Bertz CT molecular complexity index is 178. The highest BCUT2D eigenvalue weighted by atomic mass is 28.3. The quantitative estimate of drug-likeness (QED) is 0.507. The van der Waals surface area contributed by atoms with Crippen LogP contribution in [0.4, 0.5) is 4.79 Å². The third-order valence-electron chi connectivity index (χ3n) is 1.54. The molecule has 0 unspecified atom stereocenters. The van der Waals surface area contributed by atoms with Gasteiger partial charge in [0.15, 0.2) is 0 Å². The zero-order valence-electron chi connectivity index (χ0n) is 8.63. The number of rotatable bonds is 5. The zero-order chi connectivity index (χ0) is 10.3. The lowest BCUT2D eigenvalue weighted by Crippen LogP contribution is -2.31. The van der Waals surface area contributed by atoms with Crippen molar-refractivity contribution in [2.75, 3.05) is 12.8 Å². The molecule has 76 valence electrons. The van der Waals surface area contributed by atoms with Gasteiger partial charge in [-0.1, -0.05) is 25.7 Å². The summed E-state index contributed by atoms with van der Waals surface area (Å²) in [6, 6.07) is 0. The molecule has 3 nitrogen and oxygen atoms in total. The van der Waals surface area contributed by atoms with E-state index in [1.807, 2.05) is 12.6 Å². The average molecular weight is 202 g/mol. The van der Waals surface area contributed by atoms with Crippen molar-refractivity contribution >= 4 is 14.2 Å². The summed E-state index contributed by atoms with van der Waals surface area (Å²) in [6.45, 7) is 10.2. The van der Waals surface area contributed by atoms with Gasteiger partial charge in [-0.15, -0.1) is 6.58 Å². The van der Waals surface area contributed by atoms with Crippen molar-refractivity contribution in [3.8, 4) is 0 Å². The molecule has 0 bridgehead atoms. The molecule has 4 heteroatoms. The van der Waals surface area contributed by atoms with Crippen molar-refractivity contribution in [3.05, 3.63) is 12.3 Å². The summed E-state index contributed by atoms with van der Waals surface area (Å²) in [5, 5.41) is 0. The molecule has 0 aromatic rings. The van der Waals surface area contributed by atoms with Crippen LogP contribution in [0.5, 0.6) is 0 Å². The highest BCUT2D eigenvalue weighted by Crippen LogP contribution is 2.03. The molecular formula is C9H18O3Si. The van der Waals surface area contributed by atoms with E-state index in [1.165, 1.54) is 0 Å². The van der Waals surface area contributed by atoms with E-state index in [0.29, 0.717) is 12.8 Å². The number of carbonyl (C=O) groups excluding carboxylic acids is 1. The maximum Gasteiger partial charge on any atom is 0.507 e. The molecule has 0 heterocycles. The molecule has 0 saturated heterocycles. The second kappa shape index (κ2) is 5.80. The predicted molar refractivity (Wildman–Crippen MR) is 55.3 cm³/mol. The summed E-state index contributed by atoms with van der Waals surface area (Å²) in [6.07, 6.45) is 0.695. The first kappa shape index (κ1) is 12.2. The summed E-state index contributed by atoms with van der Waals surface area (Å²) in [4.78, 5) is 10.9. The smallest absolute Gasteiger partial charge is 0.438 e. The molecule has 13 heavy (non-hydrogen) atoms. The second-order valence-corrected chi connectivity index (χ2v) is 8.25. The minimum atomic E-state index is -1.54. The Labute approximate surface area is 80.7 Å². The van der Waals surface area contributed by atoms with E-state index in [2.05, 4.69) is 19.7 Å². The lowest BCUT2D eigenvalue weighted by atomic mass is 10.5. The minimum absolute atomic E-state index is 0.426. The first-order valence-corrected chi connectivity index (χ1v) is 7.73. The Hall–Kier alpha value is -0.773. The van der Waals surface area contributed by atoms with Crippen LogP contribution in [0.25, 0.3) is 0 Å². The molecule has 0 aliphatic carbocycles. The van der Waals surface area contributed by atoms with E-state index < -0.39 is 14.2 Å². The first-order chi connectivity index (χ1) is 6.02. The normalized spacial score (nSPS) is 10.7. The van der Waals surface area contributed by atoms with E-state index in [1.54, 1.807) is 0 Å². The van der Waals surface area contributed by atoms with Gasteiger partial charge < -0.3 is 9.47 Å². The molecular weight excluding hydrogens is 184 g/mol. The molecule has 0 fully saturated rings. The highest BCUT2D eigenvalue weighted by Gasteiger charge is 2.19. The highest BCUT2D eigenvalue weighted by molar-refractivity contribution is 6.82. The van der Waals surface area contributed by atoms with Crippen molar-refractivity contribution in [2.24, 2.45) is 0 Å². The maximum absolute atomic E-state index is 10.9. The average Bonchev–Trinajstić information content (AvgIpc) is 2.11. The van der Waals surface area contributed by atoms with Crippen molar-refractivity contribution in [2.45, 2.75) is 26.4 Å². The lowest BCUT2D eigenvalue weighted by Gasteiger charge is -2.16. The molecule has 0 aliphatic heterocycles. The number of hydrogen-bond acceptors (Lipinski definition) is 3. The fourth-order valence-electron chi connectivity index (χ4n) is 0.531. The van der Waals surface area contributed by atoms with Gasteiger partial charge in [-0.05, 0) is 6.42 Å². The largest absolute Gasteiger partial charge is 0.507 e. The molecule has 0 atom stereocenters. The lowest BCUT2D eigenvalue weighted by molar-refractivity contribution is 0.0664. The number of carbonyl (C=O) groups is 1. The summed E-state index contributed by atoms with van der Waals surface area (Å²) < 4.78 is 9.69. The van der Waals surface area contributed by atoms with Gasteiger partial charge in [0.05, 0.1) is 12.8 Å². The molecule has 0 amide bonds. The third kappa shape index (κ3) is 6.39. The Morgan fingerprint density at radius 1 is 1.46 bits per heavy atom. The topological polar surface area (TPSA) is 35.5 Å². The standard InChI is InChI=1S/C9H18O3Si/c1-5-7-11-9(10)12-8-13(3,4)6-2/h6H,2,5,7-8H2,1,3-4H3. The van der Waals surface area contributed by atoms with Crippen LogP contribution in [-0.4, -0.2) is 27.1 Å². The SMILES string of the molecule is C=C[Si](C)(C)COC(=O)OCCC. The predicted octanol–water partition coefficient (Wildman–Crippen LogP) is 2.52. The Balaban J connectivity index is 3.63. The summed E-state index contributed by atoms with van der Waals surface area (Å²) in [5.74, 6) is 0. The van der Waals surface area contributed by atoms with Crippen LogP contribution in [0.2, 0.25) is 13.1 Å². The van der Waals surface area contributed by atoms with Gasteiger partial charge >= 0.3 is 6.16 Å². The molecule has 0 N–H and O–H groups in total. The van der Waals surface area contributed by atoms with Crippen molar-refractivity contribution in [1.82, 2.24) is 0 Å². The van der Waals surface area contributed by atoms with Crippen molar-refractivity contribution in [3.63, 3.8) is 0 Å². The van der Waals surface area contributed by atoms with Gasteiger partial charge in [-0.3, -0.25) is 0 Å². The molecule has 0 rings (SSSR count). The molecule has 0 aliphatic rings. The van der Waals surface area contributed by atoms with Crippen LogP contribution < -0.4 is 0 Å². The van der Waals surface area contributed by atoms with Crippen LogP contribution in [-0.2, 0) is 9.47 Å². The van der Waals surface area contributed by atoms with E-state index in [-0.39, 0.29) is 0 Å². The molecule has 0 saturated carbocycles. The van der Waals surface area contributed by atoms with Crippen LogP contribution in [0.15, 0.2) is 12.3 Å². The van der Waals surface area contributed by atoms with Crippen molar-refractivity contribution in [1.29, 1.82) is 0 Å². The van der Waals surface area contributed by atoms with Gasteiger partial charge in [-0.25, -0.2) is 4.79 Å². The number of hydrogen-bond donors (Lipinski definition) is 0. The Morgan fingerprint density at radius 2 is 2.08 bits per heavy atom. The van der Waals surface area contributed by atoms with E-state index >= 15 is 0 Å². The Kier molecular flexibility index (Phi) is 5.46. The first-order valence-electron chi connectivity index (χ1n) is 4.45. The monoisotopic (exact) mass is 202 g/mol. The fraction of sp³-hybridized carbons (Fsp3) is 0.667. The molecule has 0 aromatic heterocycles. The van der Waals surface area contributed by atoms with Crippen molar-refractivity contribution < 1.29 is 14.3 Å². The summed E-state index contributed by atoms with van der Waals surface area (Å²) in [7, 11) is -1.54.